The van der Waals surface area contributed by atoms with Gasteiger partial charge in [-0.15, -0.1) is 0 Å². The molecule has 1 fully saturated rings. The van der Waals surface area contributed by atoms with Crippen LogP contribution in [0.4, 0.5) is 19.0 Å². The molecule has 144 valence electrons. The van der Waals surface area contributed by atoms with Crippen molar-refractivity contribution in [2.45, 2.75) is 25.6 Å². The quantitative estimate of drug-likeness (QED) is 0.812. The molecule has 8 heteroatoms. The van der Waals surface area contributed by atoms with Gasteiger partial charge in [-0.25, -0.2) is 10.5 Å². The zero-order valence-electron chi connectivity index (χ0n) is 14.6. The predicted octanol–water partition coefficient (Wildman–Crippen LogP) is 2.98. The number of carbonyl (C=O) groups excluding carboxylic acids is 1. The molecule has 1 saturated heterocycles. The normalized spacial score (nSPS) is 15.6. The first-order chi connectivity index (χ1) is 12.9. The summed E-state index contributed by atoms with van der Waals surface area (Å²) in [4.78, 5) is 22.1. The molecule has 0 aliphatic carbocycles. The number of nitrogens with zero attached hydrogens (tertiary/aromatic N) is 1. The van der Waals surface area contributed by atoms with Gasteiger partial charge in [-0.1, -0.05) is 30.3 Å². The molecule has 0 atom stereocenters. The first-order valence-corrected chi connectivity index (χ1v) is 8.73. The molecule has 1 amide bonds. The highest BCUT2D eigenvalue weighted by Crippen LogP contribution is 2.29. The third-order valence-corrected chi connectivity index (χ3v) is 4.58. The van der Waals surface area contributed by atoms with Gasteiger partial charge >= 0.3 is 6.18 Å². The summed E-state index contributed by atoms with van der Waals surface area (Å²) in [6.07, 6.45) is -2.18. The van der Waals surface area contributed by atoms with Crippen LogP contribution in [0.3, 0.4) is 0 Å². The highest BCUT2D eigenvalue weighted by Gasteiger charge is 2.33. The molecule has 5 nitrogen and oxygen atoms in total. The van der Waals surface area contributed by atoms with Crippen LogP contribution in [0.1, 0.15) is 24.0 Å². The van der Waals surface area contributed by atoms with E-state index in [9.17, 15) is 18.0 Å². The molecule has 2 N–H and O–H groups in total. The Morgan fingerprint density at radius 2 is 1.85 bits per heavy atom. The molecule has 0 saturated carbocycles. The van der Waals surface area contributed by atoms with E-state index < -0.39 is 11.7 Å². The minimum atomic E-state index is -4.36. The lowest BCUT2D eigenvalue weighted by Crippen LogP contribution is -2.42. The van der Waals surface area contributed by atoms with E-state index in [0.29, 0.717) is 38.4 Å². The number of hydroxylamine groups is 1. The highest BCUT2D eigenvalue weighted by molar-refractivity contribution is 5.77. The van der Waals surface area contributed by atoms with Gasteiger partial charge in [0.2, 0.25) is 5.91 Å². The van der Waals surface area contributed by atoms with E-state index in [4.69, 9.17) is 4.84 Å². The fraction of sp³-hybridized carbons (Fsp3) is 0.368. The Bertz CT molecular complexity index is 743. The molecule has 0 bridgehead atoms. The average molecular weight is 380 g/mol. The number of amides is 1. The Balaban J connectivity index is 1.45. The SMILES string of the molecule is O=C(NOCc1ccccc1)C1CCN(c2ccc(C(F)(F)F)c[nH+]2)CC1. The lowest BCUT2D eigenvalue weighted by molar-refractivity contribution is -0.367. The summed E-state index contributed by atoms with van der Waals surface area (Å²) < 4.78 is 37.9. The monoisotopic (exact) mass is 380 g/mol. The predicted molar refractivity (Wildman–Crippen MR) is 92.3 cm³/mol. The van der Waals surface area contributed by atoms with E-state index in [1.165, 1.54) is 6.07 Å². The molecule has 0 radical (unpaired) electrons. The maximum atomic E-state index is 12.6. The van der Waals surface area contributed by atoms with Crippen LogP contribution in [0.25, 0.3) is 0 Å². The van der Waals surface area contributed by atoms with Gasteiger partial charge in [0.1, 0.15) is 6.20 Å². The van der Waals surface area contributed by atoms with E-state index in [1.807, 2.05) is 35.2 Å². The number of nitrogens with one attached hydrogen (secondary N) is 2. The van der Waals surface area contributed by atoms with Crippen LogP contribution in [-0.4, -0.2) is 19.0 Å². The van der Waals surface area contributed by atoms with Gasteiger partial charge in [0.05, 0.1) is 25.3 Å². The zero-order valence-corrected chi connectivity index (χ0v) is 14.6. The smallest absolute Gasteiger partial charge is 0.272 e. The van der Waals surface area contributed by atoms with Crippen molar-refractivity contribution in [2.24, 2.45) is 5.92 Å². The Morgan fingerprint density at radius 3 is 2.44 bits per heavy atom. The number of H-pyrrole nitrogens is 1. The van der Waals surface area contributed by atoms with Crippen molar-refractivity contribution in [1.29, 1.82) is 0 Å². The molecule has 0 unspecified atom stereocenters. The number of benzene rings is 1. The molecule has 27 heavy (non-hydrogen) atoms. The van der Waals surface area contributed by atoms with Gasteiger partial charge in [-0.3, -0.25) is 14.5 Å². The van der Waals surface area contributed by atoms with Crippen molar-refractivity contribution in [3.8, 4) is 0 Å². The Kier molecular flexibility index (Phi) is 5.95. The summed E-state index contributed by atoms with van der Waals surface area (Å²) in [5.74, 6) is 0.274. The Labute approximate surface area is 155 Å². The third kappa shape index (κ3) is 5.19. The molecule has 1 aromatic carbocycles. The lowest BCUT2D eigenvalue weighted by atomic mass is 9.96. The molecular formula is C19H21F3N3O2+. The molecule has 2 aromatic rings. The zero-order chi connectivity index (χ0) is 19.3. The first-order valence-electron chi connectivity index (χ1n) is 8.73. The first kappa shape index (κ1) is 19.2. The summed E-state index contributed by atoms with van der Waals surface area (Å²) in [6, 6.07) is 12.0. The van der Waals surface area contributed by atoms with Gasteiger partial charge in [0.15, 0.2) is 0 Å². The summed E-state index contributed by atoms with van der Waals surface area (Å²) in [5.41, 5.74) is 2.74. The van der Waals surface area contributed by atoms with Gasteiger partial charge in [-0.2, -0.15) is 13.2 Å². The standard InChI is InChI=1S/C19H20F3N3O2/c20-19(21,22)16-6-7-17(23-12-16)25-10-8-15(9-11-25)18(26)24-27-13-14-4-2-1-3-5-14/h1-7,12,15H,8-11,13H2,(H,24,26)/p+1. The van der Waals surface area contributed by atoms with Crippen LogP contribution in [0, 0.1) is 5.92 Å². The van der Waals surface area contributed by atoms with Gasteiger partial charge in [0.25, 0.3) is 5.82 Å². The van der Waals surface area contributed by atoms with Crippen LogP contribution in [0.2, 0.25) is 0 Å². The number of hydrogen-bond acceptors (Lipinski definition) is 3. The fourth-order valence-corrected chi connectivity index (χ4v) is 3.02. The second-order valence-electron chi connectivity index (χ2n) is 6.46. The number of rotatable bonds is 5. The summed E-state index contributed by atoms with van der Waals surface area (Å²) in [6.45, 7) is 1.46. The second kappa shape index (κ2) is 8.39. The minimum Gasteiger partial charge on any atom is -0.272 e. The van der Waals surface area contributed by atoms with E-state index in [2.05, 4.69) is 10.5 Å². The number of alkyl halides is 3. The average Bonchev–Trinajstić information content (AvgIpc) is 2.68. The van der Waals surface area contributed by atoms with Gasteiger partial charge < -0.3 is 0 Å². The Hall–Kier alpha value is -2.61. The third-order valence-electron chi connectivity index (χ3n) is 4.58. The van der Waals surface area contributed by atoms with Crippen LogP contribution in [0.15, 0.2) is 48.7 Å². The number of pyridine rings is 1. The van der Waals surface area contributed by atoms with Gasteiger partial charge in [-0.05, 0) is 24.5 Å². The number of anilines is 1. The Morgan fingerprint density at radius 1 is 1.15 bits per heavy atom. The van der Waals surface area contributed by atoms with Crippen molar-refractivity contribution in [3.63, 3.8) is 0 Å². The lowest BCUT2D eigenvalue weighted by Gasteiger charge is -2.26. The molecule has 1 aliphatic rings. The van der Waals surface area contributed by atoms with E-state index in [-0.39, 0.29) is 11.8 Å². The summed E-state index contributed by atoms with van der Waals surface area (Å²) in [7, 11) is 0. The number of aromatic nitrogens is 1. The molecule has 1 aliphatic heterocycles. The minimum absolute atomic E-state index is 0.165. The van der Waals surface area contributed by atoms with E-state index >= 15 is 0 Å². The van der Waals surface area contributed by atoms with Crippen molar-refractivity contribution in [3.05, 3.63) is 59.8 Å². The second-order valence-corrected chi connectivity index (χ2v) is 6.46. The molecule has 3 rings (SSSR count). The van der Waals surface area contributed by atoms with Crippen molar-refractivity contribution in [1.82, 2.24) is 5.48 Å². The van der Waals surface area contributed by atoms with Gasteiger partial charge in [0, 0.05) is 12.0 Å². The number of aromatic amines is 1. The topological polar surface area (TPSA) is 55.7 Å². The van der Waals surface area contributed by atoms with E-state index in [0.717, 1.165) is 17.8 Å². The summed E-state index contributed by atoms with van der Waals surface area (Å²) >= 11 is 0. The number of hydrogen-bond donors (Lipinski definition) is 1. The van der Waals surface area contributed by atoms with Crippen LogP contribution >= 0.6 is 0 Å². The molecule has 1 aromatic heterocycles. The number of carbonyl (C=O) groups is 1. The largest absolute Gasteiger partial charge is 0.419 e. The fourth-order valence-electron chi connectivity index (χ4n) is 3.02. The van der Waals surface area contributed by atoms with Crippen LogP contribution in [-0.2, 0) is 22.4 Å². The van der Waals surface area contributed by atoms with Crippen molar-refractivity contribution in [2.75, 3.05) is 18.0 Å². The molecular weight excluding hydrogens is 359 g/mol. The number of halogens is 3. The number of piperidine rings is 1. The van der Waals surface area contributed by atoms with Crippen molar-refractivity contribution >= 4 is 11.7 Å². The molecule has 2 heterocycles. The van der Waals surface area contributed by atoms with E-state index in [1.54, 1.807) is 0 Å². The maximum Gasteiger partial charge on any atom is 0.419 e. The molecule has 0 spiro atoms. The van der Waals surface area contributed by atoms with Crippen LogP contribution < -0.4 is 15.4 Å². The highest BCUT2D eigenvalue weighted by atomic mass is 19.4. The van der Waals surface area contributed by atoms with Crippen molar-refractivity contribution < 1.29 is 27.8 Å². The van der Waals surface area contributed by atoms with Crippen LogP contribution in [0.5, 0.6) is 0 Å². The summed E-state index contributed by atoms with van der Waals surface area (Å²) in [5, 5.41) is 0. The maximum absolute atomic E-state index is 12.6.